The van der Waals surface area contributed by atoms with Gasteiger partial charge in [-0.2, -0.15) is 0 Å². The van der Waals surface area contributed by atoms with Gasteiger partial charge in [0, 0.05) is 17.7 Å². The Bertz CT molecular complexity index is 610. The van der Waals surface area contributed by atoms with Crippen LogP contribution in [0.1, 0.15) is 0 Å². The van der Waals surface area contributed by atoms with Crippen molar-refractivity contribution in [2.24, 2.45) is 0 Å². The molecule has 0 amide bonds. The minimum absolute atomic E-state index is 0.0439. The van der Waals surface area contributed by atoms with Gasteiger partial charge in [-0.15, -0.1) is 0 Å². The minimum Gasteiger partial charge on any atom is -0.493 e. The average Bonchev–Trinajstić information content (AvgIpc) is 2.46. The molecule has 0 heterocycles. The fraction of sp³-hybridized carbons (Fsp3) is 0.143. The van der Waals surface area contributed by atoms with E-state index in [1.54, 1.807) is 32.4 Å². The SMILES string of the molecule is COc1cccc(-c2cccc([N+](=O)[O-])c2)c1OC. The predicted octanol–water partition coefficient (Wildman–Crippen LogP) is 3.28. The summed E-state index contributed by atoms with van der Waals surface area (Å²) in [7, 11) is 3.09. The van der Waals surface area contributed by atoms with Crippen LogP contribution in [-0.4, -0.2) is 19.1 Å². The maximum atomic E-state index is 10.8. The lowest BCUT2D eigenvalue weighted by molar-refractivity contribution is -0.384. The molecule has 0 spiro atoms. The molecular weight excluding hydrogens is 246 g/mol. The lowest BCUT2D eigenvalue weighted by Gasteiger charge is -2.12. The maximum absolute atomic E-state index is 10.8. The molecule has 0 bridgehead atoms. The molecule has 0 fully saturated rings. The van der Waals surface area contributed by atoms with E-state index in [9.17, 15) is 10.1 Å². The van der Waals surface area contributed by atoms with Gasteiger partial charge in [0.1, 0.15) is 0 Å². The maximum Gasteiger partial charge on any atom is 0.270 e. The summed E-state index contributed by atoms with van der Waals surface area (Å²) in [5, 5.41) is 10.8. The Morgan fingerprint density at radius 2 is 1.79 bits per heavy atom. The van der Waals surface area contributed by atoms with Crippen molar-refractivity contribution >= 4 is 5.69 Å². The second-order valence-electron chi connectivity index (χ2n) is 3.85. The highest BCUT2D eigenvalue weighted by Crippen LogP contribution is 2.38. The van der Waals surface area contributed by atoms with E-state index in [-0.39, 0.29) is 5.69 Å². The van der Waals surface area contributed by atoms with E-state index in [1.807, 2.05) is 12.1 Å². The molecule has 0 atom stereocenters. The number of rotatable bonds is 4. The Hall–Kier alpha value is -2.56. The number of methoxy groups -OCH3 is 2. The van der Waals surface area contributed by atoms with Crippen molar-refractivity contribution in [2.75, 3.05) is 14.2 Å². The standard InChI is InChI=1S/C14H13NO4/c1-18-13-8-4-7-12(14(13)19-2)10-5-3-6-11(9-10)15(16)17/h3-9H,1-2H3. The van der Waals surface area contributed by atoms with Crippen molar-refractivity contribution in [1.82, 2.24) is 0 Å². The van der Waals surface area contributed by atoms with Crippen LogP contribution in [0.3, 0.4) is 0 Å². The first kappa shape index (κ1) is 12.9. The molecule has 0 aliphatic carbocycles. The highest BCUT2D eigenvalue weighted by atomic mass is 16.6. The second-order valence-corrected chi connectivity index (χ2v) is 3.85. The van der Waals surface area contributed by atoms with E-state index in [1.165, 1.54) is 12.1 Å². The number of para-hydroxylation sites is 1. The minimum atomic E-state index is -0.420. The van der Waals surface area contributed by atoms with Crippen LogP contribution in [0.4, 0.5) is 5.69 Å². The third kappa shape index (κ3) is 2.49. The summed E-state index contributed by atoms with van der Waals surface area (Å²) in [6, 6.07) is 11.8. The number of ether oxygens (including phenoxy) is 2. The van der Waals surface area contributed by atoms with Gasteiger partial charge < -0.3 is 9.47 Å². The summed E-state index contributed by atoms with van der Waals surface area (Å²) in [6.45, 7) is 0. The molecule has 0 N–H and O–H groups in total. The normalized spacial score (nSPS) is 10.0. The van der Waals surface area contributed by atoms with Crippen LogP contribution in [-0.2, 0) is 0 Å². The summed E-state index contributed by atoms with van der Waals surface area (Å²) >= 11 is 0. The largest absolute Gasteiger partial charge is 0.493 e. The fourth-order valence-corrected chi connectivity index (χ4v) is 1.90. The molecule has 0 aliphatic rings. The number of nitrogens with zero attached hydrogens (tertiary/aromatic N) is 1. The van der Waals surface area contributed by atoms with Gasteiger partial charge in [0.15, 0.2) is 11.5 Å². The molecule has 5 heteroatoms. The third-order valence-electron chi connectivity index (χ3n) is 2.77. The summed E-state index contributed by atoms with van der Waals surface area (Å²) in [5.41, 5.74) is 1.51. The predicted molar refractivity (Wildman–Crippen MR) is 71.6 cm³/mol. The zero-order valence-electron chi connectivity index (χ0n) is 10.6. The van der Waals surface area contributed by atoms with E-state index >= 15 is 0 Å². The van der Waals surface area contributed by atoms with Crippen molar-refractivity contribution in [1.29, 1.82) is 0 Å². The number of benzene rings is 2. The lowest BCUT2D eigenvalue weighted by Crippen LogP contribution is -1.94. The Balaban J connectivity index is 2.58. The molecule has 0 aliphatic heterocycles. The Labute approximate surface area is 110 Å². The van der Waals surface area contributed by atoms with Gasteiger partial charge in [0.25, 0.3) is 5.69 Å². The lowest BCUT2D eigenvalue weighted by atomic mass is 10.0. The quantitative estimate of drug-likeness (QED) is 0.624. The van der Waals surface area contributed by atoms with Crippen LogP contribution in [0.15, 0.2) is 42.5 Å². The molecule has 0 unspecified atom stereocenters. The van der Waals surface area contributed by atoms with Gasteiger partial charge in [0.2, 0.25) is 0 Å². The van der Waals surface area contributed by atoms with Gasteiger partial charge in [0.05, 0.1) is 19.1 Å². The van der Waals surface area contributed by atoms with Crippen molar-refractivity contribution in [3.05, 3.63) is 52.6 Å². The van der Waals surface area contributed by atoms with E-state index in [0.717, 1.165) is 5.56 Å². The fourth-order valence-electron chi connectivity index (χ4n) is 1.90. The smallest absolute Gasteiger partial charge is 0.270 e. The van der Waals surface area contributed by atoms with Crippen LogP contribution in [0.5, 0.6) is 11.5 Å². The summed E-state index contributed by atoms with van der Waals surface area (Å²) in [5.74, 6) is 1.15. The topological polar surface area (TPSA) is 61.6 Å². The van der Waals surface area contributed by atoms with Crippen LogP contribution in [0, 0.1) is 10.1 Å². The van der Waals surface area contributed by atoms with Crippen molar-refractivity contribution in [3.63, 3.8) is 0 Å². The van der Waals surface area contributed by atoms with Crippen LogP contribution in [0.2, 0.25) is 0 Å². The zero-order valence-corrected chi connectivity index (χ0v) is 10.6. The van der Waals surface area contributed by atoms with Crippen LogP contribution in [0.25, 0.3) is 11.1 Å². The number of hydrogen-bond donors (Lipinski definition) is 0. The van der Waals surface area contributed by atoms with E-state index < -0.39 is 4.92 Å². The molecule has 98 valence electrons. The molecule has 2 rings (SSSR count). The van der Waals surface area contributed by atoms with E-state index in [0.29, 0.717) is 17.1 Å². The molecular formula is C14H13NO4. The van der Waals surface area contributed by atoms with Gasteiger partial charge in [-0.1, -0.05) is 24.3 Å². The van der Waals surface area contributed by atoms with Crippen molar-refractivity contribution in [2.45, 2.75) is 0 Å². The van der Waals surface area contributed by atoms with Gasteiger partial charge in [-0.3, -0.25) is 10.1 Å². The van der Waals surface area contributed by atoms with E-state index in [4.69, 9.17) is 9.47 Å². The van der Waals surface area contributed by atoms with Gasteiger partial charge in [-0.25, -0.2) is 0 Å². The van der Waals surface area contributed by atoms with Crippen molar-refractivity contribution in [3.8, 4) is 22.6 Å². The first-order valence-corrected chi connectivity index (χ1v) is 5.63. The second kappa shape index (κ2) is 5.39. The number of non-ortho nitro benzene ring substituents is 1. The molecule has 0 radical (unpaired) electrons. The highest BCUT2D eigenvalue weighted by molar-refractivity contribution is 5.75. The molecule has 0 saturated carbocycles. The Kier molecular flexibility index (Phi) is 3.66. The van der Waals surface area contributed by atoms with Crippen LogP contribution < -0.4 is 9.47 Å². The molecule has 2 aromatic carbocycles. The number of hydrogen-bond acceptors (Lipinski definition) is 4. The van der Waals surface area contributed by atoms with Crippen LogP contribution >= 0.6 is 0 Å². The zero-order chi connectivity index (χ0) is 13.8. The first-order chi connectivity index (χ1) is 9.17. The molecule has 5 nitrogen and oxygen atoms in total. The van der Waals surface area contributed by atoms with E-state index in [2.05, 4.69) is 0 Å². The summed E-state index contributed by atoms with van der Waals surface area (Å²) < 4.78 is 10.5. The summed E-state index contributed by atoms with van der Waals surface area (Å²) in [6.07, 6.45) is 0. The van der Waals surface area contributed by atoms with Gasteiger partial charge in [-0.05, 0) is 11.6 Å². The third-order valence-corrected chi connectivity index (χ3v) is 2.77. The average molecular weight is 259 g/mol. The molecule has 2 aromatic rings. The Morgan fingerprint density at radius 3 is 2.42 bits per heavy atom. The molecule has 0 saturated heterocycles. The van der Waals surface area contributed by atoms with Gasteiger partial charge >= 0.3 is 0 Å². The first-order valence-electron chi connectivity index (χ1n) is 5.63. The molecule has 0 aromatic heterocycles. The monoisotopic (exact) mass is 259 g/mol. The number of nitro groups is 1. The molecule has 19 heavy (non-hydrogen) atoms. The summed E-state index contributed by atoms with van der Waals surface area (Å²) in [4.78, 5) is 10.4. The number of nitro benzene ring substituents is 1. The van der Waals surface area contributed by atoms with Crippen molar-refractivity contribution < 1.29 is 14.4 Å². The highest BCUT2D eigenvalue weighted by Gasteiger charge is 2.13. The Morgan fingerprint density at radius 1 is 1.05 bits per heavy atom.